The third-order valence-corrected chi connectivity index (χ3v) is 7.01. The molecule has 4 nitrogen and oxygen atoms in total. The average molecular weight is 263 g/mol. The van der Waals surface area contributed by atoms with Gasteiger partial charge in [0.15, 0.2) is 0 Å². The lowest BCUT2D eigenvalue weighted by Gasteiger charge is -2.31. The molecule has 0 aliphatic carbocycles. The van der Waals surface area contributed by atoms with Crippen LogP contribution in [0.4, 0.5) is 17.1 Å². The third kappa shape index (κ3) is 1.25. The Morgan fingerprint density at radius 2 is 1.78 bits per heavy atom. The smallest absolute Gasteiger partial charge is 0.376 e. The summed E-state index contributed by atoms with van der Waals surface area (Å²) < 4.78 is 16.7. The molecule has 0 saturated carbocycles. The molecule has 3 aliphatic rings. The molecule has 0 N–H and O–H groups in total. The summed E-state index contributed by atoms with van der Waals surface area (Å²) in [5, 5.41) is 0. The zero-order chi connectivity index (χ0) is 13.1. The Hall–Kier alpha value is -1.14. The molecule has 0 radical (unpaired) electrons. The first kappa shape index (κ1) is 11.9. The van der Waals surface area contributed by atoms with Gasteiger partial charge in [-0.3, -0.25) is 0 Å². The third-order valence-electron chi connectivity index (χ3n) is 3.95. The topological polar surface area (TPSA) is 30.7 Å². The summed E-state index contributed by atoms with van der Waals surface area (Å²) in [6.07, 6.45) is 1.89. The molecule has 0 fully saturated rings. The second kappa shape index (κ2) is 3.68. The van der Waals surface area contributed by atoms with Crippen molar-refractivity contribution in [2.75, 3.05) is 26.2 Å². The van der Waals surface area contributed by atoms with Crippen LogP contribution in [0.5, 0.6) is 0 Å². The zero-order valence-electron chi connectivity index (χ0n) is 11.1. The number of hydrogen-bond acceptors (Lipinski definition) is 4. The van der Waals surface area contributed by atoms with Crippen LogP contribution >= 0.6 is 0 Å². The monoisotopic (exact) mass is 263 g/mol. The zero-order valence-corrected chi connectivity index (χ0v) is 12.1. The van der Waals surface area contributed by atoms with Gasteiger partial charge in [0, 0.05) is 21.3 Å². The van der Waals surface area contributed by atoms with E-state index < -0.39 is 8.80 Å². The maximum Gasteiger partial charge on any atom is 0.507 e. The van der Waals surface area contributed by atoms with E-state index in [-0.39, 0.29) is 5.54 Å². The highest BCUT2D eigenvalue weighted by Crippen LogP contribution is 2.77. The Kier molecular flexibility index (Phi) is 2.43. The quantitative estimate of drug-likeness (QED) is 0.505. The highest BCUT2D eigenvalue weighted by atomic mass is 28.4. The van der Waals surface area contributed by atoms with Gasteiger partial charge in [-0.05, 0) is 17.2 Å². The van der Waals surface area contributed by atoms with Crippen molar-refractivity contribution < 1.29 is 13.3 Å². The van der Waals surface area contributed by atoms with Gasteiger partial charge in [-0.15, -0.1) is 0 Å². The molecule has 3 heterocycles. The molecule has 18 heavy (non-hydrogen) atoms. The van der Waals surface area contributed by atoms with Gasteiger partial charge >= 0.3 is 8.80 Å². The Labute approximate surface area is 108 Å². The lowest BCUT2D eigenvalue weighted by Crippen LogP contribution is -2.48. The molecule has 1 atom stereocenters. The van der Waals surface area contributed by atoms with Crippen LogP contribution in [-0.4, -0.2) is 30.1 Å². The summed E-state index contributed by atoms with van der Waals surface area (Å²) in [6.45, 7) is 5.99. The van der Waals surface area contributed by atoms with Crippen LogP contribution in [0.3, 0.4) is 0 Å². The highest BCUT2D eigenvalue weighted by Gasteiger charge is 2.57. The second-order valence-corrected chi connectivity index (χ2v) is 7.87. The average Bonchev–Trinajstić information content (AvgIpc) is 3.32. The second-order valence-electron chi connectivity index (χ2n) is 4.57. The van der Waals surface area contributed by atoms with Crippen molar-refractivity contribution in [3.8, 4) is 0 Å². The molecule has 96 valence electrons. The minimum atomic E-state index is -2.67. The lowest BCUT2D eigenvalue weighted by atomic mass is 10.0. The molecular weight excluding hydrogens is 246 g/mol. The van der Waals surface area contributed by atoms with E-state index in [2.05, 4.69) is 24.5 Å². The standard InChI is InChI=1S/C13H17NO3Si/c1-6-9-7-10-12-13(14(10)12)11(9)8(2)18(15-3,16-4)17-5/h6-8H,1H2,2-5H3. The number of fused-ring (bicyclic) bond motifs is 2. The molecule has 3 aliphatic heterocycles. The largest absolute Gasteiger partial charge is 0.507 e. The van der Waals surface area contributed by atoms with E-state index in [4.69, 9.17) is 13.3 Å². The molecule has 0 spiro atoms. The summed E-state index contributed by atoms with van der Waals surface area (Å²) in [4.78, 5) is 2.25. The Morgan fingerprint density at radius 1 is 1.22 bits per heavy atom. The molecule has 0 saturated heterocycles. The number of anilines is 3. The van der Waals surface area contributed by atoms with E-state index in [0.29, 0.717) is 0 Å². The van der Waals surface area contributed by atoms with Crippen molar-refractivity contribution >= 4 is 31.9 Å². The number of nitrogens with zero attached hydrogens (tertiary/aromatic N) is 1. The maximum atomic E-state index is 5.58. The SMILES string of the molecule is C=Cc1cc2c3c(c1C(C)[Si](OC)(OC)OC)N23. The van der Waals surface area contributed by atoms with Crippen molar-refractivity contribution in [2.24, 2.45) is 0 Å². The molecule has 1 aromatic rings. The Bertz CT molecular complexity index is 531. The molecule has 0 aromatic heterocycles. The van der Waals surface area contributed by atoms with E-state index in [1.807, 2.05) is 6.08 Å². The fourth-order valence-electron chi connectivity index (χ4n) is 2.86. The summed E-state index contributed by atoms with van der Waals surface area (Å²) in [5.41, 5.74) is 6.51. The maximum absolute atomic E-state index is 5.58. The minimum Gasteiger partial charge on any atom is -0.376 e. The first-order valence-corrected chi connectivity index (χ1v) is 7.74. The normalized spacial score (nSPS) is 16.3. The molecule has 1 unspecified atom stereocenters. The predicted molar refractivity (Wildman–Crippen MR) is 73.5 cm³/mol. The van der Waals surface area contributed by atoms with Gasteiger partial charge in [-0.25, -0.2) is 0 Å². The van der Waals surface area contributed by atoms with Crippen LogP contribution in [0, 0.1) is 0 Å². The summed E-state index contributed by atoms with van der Waals surface area (Å²) >= 11 is 0. The van der Waals surface area contributed by atoms with Gasteiger partial charge in [-0.1, -0.05) is 19.6 Å². The van der Waals surface area contributed by atoms with Crippen molar-refractivity contribution in [1.82, 2.24) is 0 Å². The van der Waals surface area contributed by atoms with Crippen LogP contribution in [-0.2, 0) is 13.3 Å². The van der Waals surface area contributed by atoms with E-state index >= 15 is 0 Å². The fraction of sp³-hybridized carbons (Fsp3) is 0.385. The Morgan fingerprint density at radius 3 is 2.22 bits per heavy atom. The van der Waals surface area contributed by atoms with Crippen LogP contribution in [0.1, 0.15) is 23.6 Å². The van der Waals surface area contributed by atoms with Gasteiger partial charge in [0.1, 0.15) is 0 Å². The van der Waals surface area contributed by atoms with Crippen molar-refractivity contribution in [3.05, 3.63) is 23.8 Å². The molecule has 2 bridgehead atoms. The van der Waals surface area contributed by atoms with Gasteiger partial charge in [0.25, 0.3) is 0 Å². The number of rotatable bonds is 6. The van der Waals surface area contributed by atoms with Crippen molar-refractivity contribution in [1.29, 1.82) is 0 Å². The van der Waals surface area contributed by atoms with E-state index in [1.54, 1.807) is 21.3 Å². The summed E-state index contributed by atoms with van der Waals surface area (Å²) in [6, 6.07) is 2.17. The first-order chi connectivity index (χ1) is 8.65. The predicted octanol–water partition coefficient (Wildman–Crippen LogP) is 2.95. The molecular formula is C13H17NO3Si. The number of benzene rings is 1. The number of hydrogen-bond donors (Lipinski definition) is 0. The van der Waals surface area contributed by atoms with Gasteiger partial charge in [0.05, 0.1) is 22.6 Å². The van der Waals surface area contributed by atoms with Crippen molar-refractivity contribution in [2.45, 2.75) is 12.5 Å². The lowest BCUT2D eigenvalue weighted by molar-refractivity contribution is 0.114. The van der Waals surface area contributed by atoms with E-state index in [1.165, 1.54) is 22.6 Å². The minimum absolute atomic E-state index is 0.0959. The molecule has 5 heteroatoms. The summed E-state index contributed by atoms with van der Waals surface area (Å²) in [7, 11) is 2.29. The van der Waals surface area contributed by atoms with E-state index in [9.17, 15) is 0 Å². The Balaban J connectivity index is 2.04. The molecule has 0 amide bonds. The molecule has 4 rings (SSSR count). The van der Waals surface area contributed by atoms with E-state index in [0.717, 1.165) is 5.56 Å². The summed E-state index contributed by atoms with van der Waals surface area (Å²) in [5.74, 6) is 0. The van der Waals surface area contributed by atoms with Gasteiger partial charge in [-0.2, -0.15) is 0 Å². The van der Waals surface area contributed by atoms with Crippen molar-refractivity contribution in [3.63, 3.8) is 0 Å². The molecule has 1 aromatic carbocycles. The van der Waals surface area contributed by atoms with Crippen LogP contribution in [0.15, 0.2) is 12.6 Å². The van der Waals surface area contributed by atoms with Crippen LogP contribution < -0.4 is 4.90 Å². The van der Waals surface area contributed by atoms with Crippen LogP contribution in [0.2, 0.25) is 0 Å². The van der Waals surface area contributed by atoms with Gasteiger partial charge in [0.2, 0.25) is 0 Å². The van der Waals surface area contributed by atoms with Gasteiger partial charge < -0.3 is 18.2 Å². The fourth-order valence-corrected chi connectivity index (χ4v) is 5.07. The van der Waals surface area contributed by atoms with Crippen LogP contribution in [0.25, 0.3) is 6.08 Å². The first-order valence-electron chi connectivity index (χ1n) is 5.94. The highest BCUT2D eigenvalue weighted by molar-refractivity contribution is 6.62.